The van der Waals surface area contributed by atoms with E-state index < -0.39 is 9.84 Å². The van der Waals surface area contributed by atoms with Crippen molar-refractivity contribution in [3.63, 3.8) is 0 Å². The molecule has 0 spiro atoms. The molecule has 0 bridgehead atoms. The predicted octanol–water partition coefficient (Wildman–Crippen LogP) is 3.94. The molecule has 0 atom stereocenters. The number of nitrogens with one attached hydrogen (secondary N) is 1. The Bertz CT molecular complexity index is 1370. The molecular weight excluding hydrogens is 404 g/mol. The normalized spacial score (nSPS) is 11.1. The zero-order valence-corrected chi connectivity index (χ0v) is 17.3. The number of sulfone groups is 1. The van der Waals surface area contributed by atoms with Crippen molar-refractivity contribution in [3.05, 3.63) is 71.1 Å². The monoisotopic (exact) mass is 420 g/mol. The maximum atomic E-state index is 11.6. The van der Waals surface area contributed by atoms with Crippen LogP contribution in [-0.4, -0.2) is 29.0 Å². The summed E-state index contributed by atoms with van der Waals surface area (Å²) in [4.78, 5) is 9.99. The van der Waals surface area contributed by atoms with Gasteiger partial charge in [0.2, 0.25) is 0 Å². The topological polar surface area (TPSA) is 84.8 Å². The first kappa shape index (κ1) is 19.1. The molecule has 1 aromatic carbocycles. The largest absolute Gasteiger partial charge is 0.340 e. The lowest BCUT2D eigenvalue weighted by atomic mass is 10.1. The summed E-state index contributed by atoms with van der Waals surface area (Å²) in [5.74, 6) is 6.85. The molecule has 0 amide bonds. The van der Waals surface area contributed by atoms with Crippen LogP contribution in [0.15, 0.2) is 59.8 Å². The fourth-order valence-corrected chi connectivity index (χ4v) is 3.96. The summed E-state index contributed by atoms with van der Waals surface area (Å²) in [7, 11) is -3.23. The van der Waals surface area contributed by atoms with Gasteiger partial charge in [0.25, 0.3) is 0 Å². The molecule has 8 heteroatoms. The van der Waals surface area contributed by atoms with Crippen LogP contribution in [0.5, 0.6) is 0 Å². The Morgan fingerprint density at radius 2 is 1.83 bits per heavy atom. The summed E-state index contributed by atoms with van der Waals surface area (Å²) in [6.07, 6.45) is 4.65. The van der Waals surface area contributed by atoms with E-state index >= 15 is 0 Å². The Morgan fingerprint density at radius 3 is 2.52 bits per heavy atom. The van der Waals surface area contributed by atoms with Crippen molar-refractivity contribution in [3.8, 4) is 11.8 Å². The molecule has 29 heavy (non-hydrogen) atoms. The standard InChI is InChI=1S/C21H16N4O2S2/c1-14-11-17(28-25-14)5-8-20-19-12-21(23-13-15(19)9-10-22-20)24-16-3-6-18(7-4-16)29(2,26)27/h3-4,6-7,9-13H,1-2H3,(H,23,24). The SMILES string of the molecule is Cc1cc(C#Cc2nccc3cnc(Nc4ccc(S(C)(=O)=O)cc4)cc23)sn1. The van der Waals surface area contributed by atoms with E-state index in [4.69, 9.17) is 0 Å². The van der Waals surface area contributed by atoms with Crippen molar-refractivity contribution in [2.24, 2.45) is 0 Å². The fourth-order valence-electron chi connectivity index (χ4n) is 2.71. The molecule has 3 aromatic heterocycles. The first-order valence-electron chi connectivity index (χ1n) is 8.66. The van der Waals surface area contributed by atoms with Crippen molar-refractivity contribution in [1.82, 2.24) is 14.3 Å². The molecule has 0 aliphatic carbocycles. The molecule has 3 heterocycles. The van der Waals surface area contributed by atoms with Gasteiger partial charge in [0.15, 0.2) is 9.84 Å². The second kappa shape index (κ2) is 7.62. The van der Waals surface area contributed by atoms with Gasteiger partial charge in [-0.1, -0.05) is 0 Å². The number of aromatic nitrogens is 3. The molecule has 144 valence electrons. The number of pyridine rings is 2. The molecule has 4 aromatic rings. The average molecular weight is 421 g/mol. The number of aryl methyl sites for hydroxylation is 1. The Balaban J connectivity index is 1.66. The molecular formula is C21H16N4O2S2. The highest BCUT2D eigenvalue weighted by molar-refractivity contribution is 7.90. The van der Waals surface area contributed by atoms with Gasteiger partial charge in [-0.25, -0.2) is 18.4 Å². The molecule has 4 rings (SSSR count). The number of fused-ring (bicyclic) bond motifs is 1. The first-order valence-corrected chi connectivity index (χ1v) is 11.3. The molecule has 6 nitrogen and oxygen atoms in total. The van der Waals surface area contributed by atoms with Gasteiger partial charge in [-0.3, -0.25) is 0 Å². The molecule has 0 aliphatic heterocycles. The first-order chi connectivity index (χ1) is 13.9. The van der Waals surface area contributed by atoms with Gasteiger partial charge >= 0.3 is 0 Å². The van der Waals surface area contributed by atoms with Gasteiger partial charge in [0.1, 0.15) is 11.5 Å². The highest BCUT2D eigenvalue weighted by Gasteiger charge is 2.07. The van der Waals surface area contributed by atoms with Gasteiger partial charge in [-0.05, 0) is 72.8 Å². The second-order valence-corrected chi connectivity index (χ2v) is 9.28. The summed E-state index contributed by atoms with van der Waals surface area (Å²) >= 11 is 1.36. The smallest absolute Gasteiger partial charge is 0.175 e. The maximum absolute atomic E-state index is 11.6. The molecule has 1 N–H and O–H groups in total. The van der Waals surface area contributed by atoms with E-state index in [0.717, 1.165) is 27.0 Å². The summed E-state index contributed by atoms with van der Waals surface area (Å²) in [5.41, 5.74) is 2.34. The van der Waals surface area contributed by atoms with E-state index in [9.17, 15) is 8.42 Å². The zero-order valence-electron chi connectivity index (χ0n) is 15.7. The van der Waals surface area contributed by atoms with Crippen LogP contribution >= 0.6 is 11.5 Å². The van der Waals surface area contributed by atoms with Crippen LogP contribution in [0, 0.1) is 18.8 Å². The molecule has 0 unspecified atom stereocenters. The minimum atomic E-state index is -3.23. The van der Waals surface area contributed by atoms with Crippen LogP contribution in [-0.2, 0) is 9.84 Å². The van der Waals surface area contributed by atoms with E-state index in [1.54, 1.807) is 36.7 Å². The zero-order chi connectivity index (χ0) is 20.4. The van der Waals surface area contributed by atoms with Crippen molar-refractivity contribution < 1.29 is 8.42 Å². The minimum absolute atomic E-state index is 0.273. The Morgan fingerprint density at radius 1 is 1.03 bits per heavy atom. The van der Waals surface area contributed by atoms with Gasteiger partial charge in [0, 0.05) is 35.1 Å². The van der Waals surface area contributed by atoms with E-state index in [1.807, 2.05) is 25.1 Å². The summed E-state index contributed by atoms with van der Waals surface area (Å²) in [6.45, 7) is 1.93. The minimum Gasteiger partial charge on any atom is -0.340 e. The number of rotatable bonds is 3. The van der Waals surface area contributed by atoms with Gasteiger partial charge in [-0.15, -0.1) is 0 Å². The van der Waals surface area contributed by atoms with Crippen molar-refractivity contribution >= 4 is 43.6 Å². The maximum Gasteiger partial charge on any atom is 0.175 e. The van der Waals surface area contributed by atoms with Crippen molar-refractivity contribution in [2.45, 2.75) is 11.8 Å². The molecule has 0 fully saturated rings. The quantitative estimate of drug-likeness (QED) is 0.505. The highest BCUT2D eigenvalue weighted by atomic mass is 32.2. The number of hydrogen-bond donors (Lipinski definition) is 1. The van der Waals surface area contributed by atoms with E-state index in [2.05, 4.69) is 31.5 Å². The van der Waals surface area contributed by atoms with Gasteiger partial charge in [0.05, 0.1) is 15.5 Å². The molecule has 0 saturated heterocycles. The van der Waals surface area contributed by atoms with Crippen LogP contribution < -0.4 is 5.32 Å². The molecule has 0 aliphatic rings. The van der Waals surface area contributed by atoms with E-state index in [0.29, 0.717) is 11.5 Å². The summed E-state index contributed by atoms with van der Waals surface area (Å²) in [6, 6.07) is 12.3. The lowest BCUT2D eigenvalue weighted by Crippen LogP contribution is -1.98. The van der Waals surface area contributed by atoms with Crippen LogP contribution in [0.1, 0.15) is 16.3 Å². The highest BCUT2D eigenvalue weighted by Crippen LogP contribution is 2.22. The van der Waals surface area contributed by atoms with Crippen LogP contribution in [0.3, 0.4) is 0 Å². The second-order valence-electron chi connectivity index (χ2n) is 6.45. The van der Waals surface area contributed by atoms with E-state index in [-0.39, 0.29) is 4.90 Å². The number of benzene rings is 1. The molecule has 0 radical (unpaired) electrons. The van der Waals surface area contributed by atoms with Crippen LogP contribution in [0.25, 0.3) is 10.8 Å². The number of hydrogen-bond acceptors (Lipinski definition) is 7. The lowest BCUT2D eigenvalue weighted by molar-refractivity contribution is 0.602. The summed E-state index contributed by atoms with van der Waals surface area (Å²) in [5, 5.41) is 5.00. The summed E-state index contributed by atoms with van der Waals surface area (Å²) < 4.78 is 27.4. The fraction of sp³-hybridized carbons (Fsp3) is 0.0952. The average Bonchev–Trinajstić information content (AvgIpc) is 3.11. The predicted molar refractivity (Wildman–Crippen MR) is 115 cm³/mol. The number of anilines is 2. The Labute approximate surface area is 172 Å². The lowest BCUT2D eigenvalue weighted by Gasteiger charge is -2.08. The van der Waals surface area contributed by atoms with Gasteiger partial charge < -0.3 is 5.32 Å². The third-order valence-corrected chi connectivity index (χ3v) is 6.06. The van der Waals surface area contributed by atoms with Crippen molar-refractivity contribution in [1.29, 1.82) is 0 Å². The van der Waals surface area contributed by atoms with Crippen LogP contribution in [0.4, 0.5) is 11.5 Å². The third-order valence-electron chi connectivity index (χ3n) is 4.13. The molecule has 0 saturated carbocycles. The van der Waals surface area contributed by atoms with Gasteiger partial charge in [-0.2, -0.15) is 4.37 Å². The van der Waals surface area contributed by atoms with E-state index in [1.165, 1.54) is 17.8 Å². The third kappa shape index (κ3) is 4.42. The number of nitrogens with zero attached hydrogens (tertiary/aromatic N) is 3. The van der Waals surface area contributed by atoms with Crippen LogP contribution in [0.2, 0.25) is 0 Å². The van der Waals surface area contributed by atoms with Crippen molar-refractivity contribution in [2.75, 3.05) is 11.6 Å². The Kier molecular flexibility index (Phi) is 5.01. The Hall–Kier alpha value is -3.28.